The van der Waals surface area contributed by atoms with E-state index in [9.17, 15) is 9.59 Å². The molecule has 0 spiro atoms. The second-order valence-corrected chi connectivity index (χ2v) is 28.4. The number of benzene rings is 1. The molecule has 4 atom stereocenters. The predicted molar refractivity (Wildman–Crippen MR) is 223 cm³/mol. The molecule has 2 aliphatic rings. The fraction of sp³-hybridized carbons (Fsp3) is 0.682. The van der Waals surface area contributed by atoms with Crippen molar-refractivity contribution in [1.82, 2.24) is 0 Å². The van der Waals surface area contributed by atoms with E-state index in [0.29, 0.717) is 36.9 Å². The highest BCUT2D eigenvalue weighted by atomic mass is 32.1. The number of allylic oxidation sites excluding steroid dienone is 2. The van der Waals surface area contributed by atoms with Gasteiger partial charge in [0.05, 0.1) is 13.2 Å². The highest BCUT2D eigenvalue weighted by molar-refractivity contribution is 7.09. The van der Waals surface area contributed by atoms with Gasteiger partial charge in [0.2, 0.25) is 0 Å². The minimum absolute atomic E-state index is 0.0421. The van der Waals surface area contributed by atoms with E-state index in [1.807, 2.05) is 11.3 Å². The summed E-state index contributed by atoms with van der Waals surface area (Å²) in [5, 5.41) is 2.43. The van der Waals surface area contributed by atoms with E-state index >= 15 is 0 Å². The highest BCUT2D eigenvalue weighted by Gasteiger charge is 2.47. The summed E-state index contributed by atoms with van der Waals surface area (Å²) >= 11 is 1.90. The lowest BCUT2D eigenvalue weighted by molar-refractivity contribution is -0.140. The minimum Gasteiger partial charge on any atom is -0.469 e. The molecule has 8 heteroatoms. The predicted octanol–water partition coefficient (Wildman–Crippen LogP) is 12.3. The van der Waals surface area contributed by atoms with Crippen molar-refractivity contribution in [2.75, 3.05) is 13.7 Å². The van der Waals surface area contributed by atoms with Gasteiger partial charge in [0.1, 0.15) is 5.78 Å². The summed E-state index contributed by atoms with van der Waals surface area (Å²) in [6, 6.07) is 15.1. The molecule has 2 aliphatic carbocycles. The van der Waals surface area contributed by atoms with Crippen LogP contribution in [-0.2, 0) is 29.6 Å². The molecule has 290 valence electrons. The van der Waals surface area contributed by atoms with Crippen LogP contribution in [-0.4, -0.2) is 48.2 Å². The number of carbonyl (C=O) groups excluding carboxylic acids is 2. The molecule has 0 N–H and O–H groups in total. The number of ether oxygens (including phenoxy) is 1. The Morgan fingerprint density at radius 2 is 1.75 bits per heavy atom. The molecular weight excluding hydrogens is 697 g/mol. The number of methoxy groups -OCH3 is 1. The van der Waals surface area contributed by atoms with Crippen molar-refractivity contribution < 1.29 is 23.2 Å². The van der Waals surface area contributed by atoms with E-state index < -0.39 is 16.6 Å². The van der Waals surface area contributed by atoms with Crippen molar-refractivity contribution in [3.8, 4) is 0 Å². The largest absolute Gasteiger partial charge is 0.469 e. The third-order valence-electron chi connectivity index (χ3n) is 12.4. The van der Waals surface area contributed by atoms with E-state index in [1.54, 1.807) is 0 Å². The molecule has 4 rings (SSSR count). The molecule has 2 saturated carbocycles. The SMILES string of the molecule is COC(=O)CCC/C=C\C[C@H]1C(=O)C[C@@H](O[Si](C)(C)CC(C)C)[C@H]1c1ccc(C(CCCO[Si](C)(C)C(C)(C)C)C2(Cc3cccs3)CCC2)cc1. The van der Waals surface area contributed by atoms with Crippen LogP contribution in [0.2, 0.25) is 37.3 Å². The molecule has 1 unspecified atom stereocenters. The molecular formula is C44H70O5SSi2. The fourth-order valence-electron chi connectivity index (χ4n) is 8.69. The Bertz CT molecular complexity index is 1440. The van der Waals surface area contributed by atoms with Gasteiger partial charge in [-0.15, -0.1) is 11.3 Å². The van der Waals surface area contributed by atoms with Crippen molar-refractivity contribution >= 4 is 39.7 Å². The number of ketones is 1. The van der Waals surface area contributed by atoms with Gasteiger partial charge in [-0.1, -0.05) is 83.5 Å². The first-order valence-electron chi connectivity index (χ1n) is 20.2. The molecule has 1 aromatic heterocycles. The number of esters is 1. The van der Waals surface area contributed by atoms with E-state index in [0.717, 1.165) is 44.8 Å². The van der Waals surface area contributed by atoms with Crippen molar-refractivity contribution in [2.24, 2.45) is 17.3 Å². The maximum Gasteiger partial charge on any atom is 0.305 e. The lowest BCUT2D eigenvalue weighted by atomic mass is 9.56. The number of hydrogen-bond donors (Lipinski definition) is 0. The Morgan fingerprint density at radius 3 is 2.33 bits per heavy atom. The Balaban J connectivity index is 1.59. The molecule has 0 saturated heterocycles. The average Bonchev–Trinajstić information content (AvgIpc) is 3.66. The maximum atomic E-state index is 13.7. The molecule has 0 bridgehead atoms. The van der Waals surface area contributed by atoms with Crippen molar-refractivity contribution in [1.29, 1.82) is 0 Å². The quantitative estimate of drug-likeness (QED) is 0.0581. The Kier molecular flexibility index (Phi) is 15.4. The normalized spacial score (nSPS) is 21.5. The van der Waals surface area contributed by atoms with Gasteiger partial charge in [-0.25, -0.2) is 0 Å². The number of unbranched alkanes of at least 4 members (excludes halogenated alkanes) is 1. The zero-order valence-electron chi connectivity index (χ0n) is 34.2. The summed E-state index contributed by atoms with van der Waals surface area (Å²) in [6.45, 7) is 21.7. The summed E-state index contributed by atoms with van der Waals surface area (Å²) in [5.41, 5.74) is 2.95. The van der Waals surface area contributed by atoms with Crippen molar-refractivity contribution in [3.05, 3.63) is 69.9 Å². The zero-order chi connectivity index (χ0) is 38.2. The lowest BCUT2D eigenvalue weighted by Crippen LogP contribution is -2.41. The average molecular weight is 767 g/mol. The topological polar surface area (TPSA) is 61.8 Å². The standard InChI is InChI=1S/C44H70O5SSi2/c1-33(2)32-51(7,8)49-40-30-39(45)37(19-13-11-12-14-21-41(46)47-6)42(40)35-24-22-34(23-25-35)38(20-15-28-48-52(9,10)43(3,4)5)44(26-17-27-44)31-36-18-16-29-50-36/h11,13,16,18,22-25,29,33,37-38,40,42H,12,14-15,17,19-21,26-28,30-32H2,1-10H3/b13-11-/t37-,38?,40+,42-/m0/s1. The van der Waals surface area contributed by atoms with Gasteiger partial charge < -0.3 is 13.6 Å². The van der Waals surface area contributed by atoms with Crippen molar-refractivity contribution in [3.63, 3.8) is 0 Å². The molecule has 5 nitrogen and oxygen atoms in total. The fourth-order valence-corrected chi connectivity index (χ4v) is 13.8. The molecule has 0 radical (unpaired) electrons. The van der Waals surface area contributed by atoms with Crippen LogP contribution in [0.25, 0.3) is 0 Å². The second kappa shape index (κ2) is 18.7. The van der Waals surface area contributed by atoms with Crippen LogP contribution < -0.4 is 0 Å². The van der Waals surface area contributed by atoms with Crippen molar-refractivity contribution in [2.45, 2.75) is 160 Å². The van der Waals surface area contributed by atoms with Crippen LogP contribution in [0.1, 0.15) is 127 Å². The molecule has 2 fully saturated rings. The number of thiophene rings is 1. The van der Waals surface area contributed by atoms with Crippen LogP contribution in [0.4, 0.5) is 0 Å². The lowest BCUT2D eigenvalue weighted by Gasteiger charge is -2.49. The summed E-state index contributed by atoms with van der Waals surface area (Å²) in [4.78, 5) is 26.8. The summed E-state index contributed by atoms with van der Waals surface area (Å²) in [5.74, 6) is 1.12. The van der Waals surface area contributed by atoms with Crippen LogP contribution in [0.15, 0.2) is 53.9 Å². The Hall–Kier alpha value is -1.85. The third kappa shape index (κ3) is 11.6. The van der Waals surface area contributed by atoms with Crippen LogP contribution in [0.3, 0.4) is 0 Å². The maximum absolute atomic E-state index is 13.7. The van der Waals surface area contributed by atoms with Gasteiger partial charge >= 0.3 is 5.97 Å². The Morgan fingerprint density at radius 1 is 1.04 bits per heavy atom. The van der Waals surface area contributed by atoms with E-state index in [1.165, 1.54) is 42.4 Å². The highest BCUT2D eigenvalue weighted by Crippen LogP contribution is 2.56. The molecule has 52 heavy (non-hydrogen) atoms. The summed E-state index contributed by atoms with van der Waals surface area (Å²) in [6.07, 6.45) is 14.6. The van der Waals surface area contributed by atoms with Gasteiger partial charge in [-0.05, 0) is 128 Å². The number of carbonyl (C=O) groups is 2. The van der Waals surface area contributed by atoms with E-state index in [4.69, 9.17) is 13.6 Å². The van der Waals surface area contributed by atoms with Crippen LogP contribution >= 0.6 is 11.3 Å². The van der Waals surface area contributed by atoms with Crippen LogP contribution in [0, 0.1) is 17.3 Å². The molecule has 1 heterocycles. The first-order valence-corrected chi connectivity index (χ1v) is 27.1. The number of rotatable bonds is 20. The first-order chi connectivity index (χ1) is 24.5. The zero-order valence-corrected chi connectivity index (χ0v) is 37.0. The molecule has 0 aliphatic heterocycles. The minimum atomic E-state index is -1.98. The molecule has 2 aromatic rings. The molecule has 1 aromatic carbocycles. The number of hydrogen-bond acceptors (Lipinski definition) is 6. The second-order valence-electron chi connectivity index (χ2n) is 18.4. The molecule has 0 amide bonds. The van der Waals surface area contributed by atoms with Gasteiger partial charge in [-0.3, -0.25) is 9.59 Å². The third-order valence-corrected chi connectivity index (χ3v) is 20.5. The van der Waals surface area contributed by atoms with E-state index in [-0.39, 0.29) is 34.4 Å². The van der Waals surface area contributed by atoms with Gasteiger partial charge in [-0.2, -0.15) is 0 Å². The van der Waals surface area contributed by atoms with Gasteiger partial charge in [0, 0.05) is 36.2 Å². The van der Waals surface area contributed by atoms with E-state index in [2.05, 4.69) is 115 Å². The summed E-state index contributed by atoms with van der Waals surface area (Å²) in [7, 11) is -2.34. The summed E-state index contributed by atoms with van der Waals surface area (Å²) < 4.78 is 18.5. The van der Waals surface area contributed by atoms with Gasteiger partial charge in [0.15, 0.2) is 16.6 Å². The smallest absolute Gasteiger partial charge is 0.305 e. The first kappa shape index (κ1) is 42.9. The van der Waals surface area contributed by atoms with Crippen LogP contribution in [0.5, 0.6) is 0 Å². The van der Waals surface area contributed by atoms with Gasteiger partial charge in [0.25, 0.3) is 0 Å². The number of Topliss-reactive ketones (excluding diaryl/α,β-unsaturated/α-hetero) is 1. The monoisotopic (exact) mass is 766 g/mol. The Labute approximate surface area is 323 Å².